The van der Waals surface area contributed by atoms with Crippen LogP contribution in [0.25, 0.3) is 0 Å². The molecular weight excluding hydrogens is 264 g/mol. The van der Waals surface area contributed by atoms with E-state index >= 15 is 0 Å². The molecule has 2 N–H and O–H groups in total. The van der Waals surface area contributed by atoms with Crippen molar-refractivity contribution in [3.8, 4) is 0 Å². The number of aryl methyl sites for hydroxylation is 1. The number of hydrogen-bond donors (Lipinski definition) is 2. The lowest BCUT2D eigenvalue weighted by Gasteiger charge is -2.23. The van der Waals surface area contributed by atoms with Crippen LogP contribution in [-0.2, 0) is 16.0 Å². The number of carbonyl (C=O) groups is 1. The van der Waals surface area contributed by atoms with Gasteiger partial charge in [-0.1, -0.05) is 18.2 Å². The van der Waals surface area contributed by atoms with Crippen LogP contribution in [0.2, 0.25) is 0 Å². The molecule has 1 saturated heterocycles. The smallest absolute Gasteiger partial charge is 0.241 e. The molecule has 2 unspecified atom stereocenters. The van der Waals surface area contributed by atoms with Gasteiger partial charge in [0.15, 0.2) is 0 Å². The SMILES string of the molecule is O=C1Nc2ccccc2CCC1NCCC1CCCCO1. The first kappa shape index (κ1) is 14.5. The Kier molecular flexibility index (Phi) is 4.88. The van der Waals surface area contributed by atoms with Crippen LogP contribution in [0.4, 0.5) is 5.69 Å². The summed E-state index contributed by atoms with van der Waals surface area (Å²) in [6.45, 7) is 1.74. The number of carbonyl (C=O) groups excluding carboxylic acids is 1. The molecule has 1 aromatic carbocycles. The highest BCUT2D eigenvalue weighted by Crippen LogP contribution is 2.21. The molecule has 0 aliphatic carbocycles. The van der Waals surface area contributed by atoms with Crippen molar-refractivity contribution in [3.63, 3.8) is 0 Å². The number of anilines is 1. The van der Waals surface area contributed by atoms with Gasteiger partial charge in [-0.2, -0.15) is 0 Å². The van der Waals surface area contributed by atoms with E-state index in [1.807, 2.05) is 18.2 Å². The van der Waals surface area contributed by atoms with Gasteiger partial charge >= 0.3 is 0 Å². The zero-order valence-electron chi connectivity index (χ0n) is 12.4. The number of rotatable bonds is 4. The van der Waals surface area contributed by atoms with Gasteiger partial charge in [0.2, 0.25) is 5.91 Å². The first-order chi connectivity index (χ1) is 10.3. The topological polar surface area (TPSA) is 50.4 Å². The summed E-state index contributed by atoms with van der Waals surface area (Å²) in [6.07, 6.45) is 6.77. The average molecular weight is 288 g/mol. The molecular formula is C17H24N2O2. The number of para-hydroxylation sites is 1. The van der Waals surface area contributed by atoms with E-state index in [0.29, 0.717) is 6.10 Å². The number of fused-ring (bicyclic) bond motifs is 1. The highest BCUT2D eigenvalue weighted by Gasteiger charge is 2.23. The Morgan fingerprint density at radius 2 is 2.14 bits per heavy atom. The molecule has 4 heteroatoms. The maximum Gasteiger partial charge on any atom is 0.241 e. The average Bonchev–Trinajstić information content (AvgIpc) is 2.68. The molecule has 2 atom stereocenters. The van der Waals surface area contributed by atoms with Crippen molar-refractivity contribution in [1.29, 1.82) is 0 Å². The van der Waals surface area contributed by atoms with Crippen molar-refractivity contribution in [2.75, 3.05) is 18.5 Å². The fourth-order valence-electron chi connectivity index (χ4n) is 3.16. The van der Waals surface area contributed by atoms with Gasteiger partial charge in [-0.15, -0.1) is 0 Å². The minimum absolute atomic E-state index is 0.0875. The maximum atomic E-state index is 12.3. The van der Waals surface area contributed by atoms with Crippen molar-refractivity contribution in [2.45, 2.75) is 50.7 Å². The van der Waals surface area contributed by atoms with Crippen LogP contribution in [0.3, 0.4) is 0 Å². The Morgan fingerprint density at radius 1 is 1.24 bits per heavy atom. The molecule has 0 radical (unpaired) electrons. The summed E-state index contributed by atoms with van der Waals surface area (Å²) in [5, 5.41) is 6.43. The van der Waals surface area contributed by atoms with Crippen LogP contribution >= 0.6 is 0 Å². The van der Waals surface area contributed by atoms with Gasteiger partial charge in [-0.25, -0.2) is 0 Å². The van der Waals surface area contributed by atoms with E-state index in [1.165, 1.54) is 18.4 Å². The third kappa shape index (κ3) is 3.83. The molecule has 0 spiro atoms. The van der Waals surface area contributed by atoms with E-state index in [2.05, 4.69) is 16.7 Å². The Labute approximate surface area is 126 Å². The van der Waals surface area contributed by atoms with Crippen LogP contribution in [0.15, 0.2) is 24.3 Å². The summed E-state index contributed by atoms with van der Waals surface area (Å²) in [7, 11) is 0. The van der Waals surface area contributed by atoms with Crippen molar-refractivity contribution < 1.29 is 9.53 Å². The minimum Gasteiger partial charge on any atom is -0.378 e. The second-order valence-electron chi connectivity index (χ2n) is 5.97. The zero-order chi connectivity index (χ0) is 14.5. The Balaban J connectivity index is 1.49. The van der Waals surface area contributed by atoms with Gasteiger partial charge < -0.3 is 15.4 Å². The lowest BCUT2D eigenvalue weighted by atomic mass is 10.0. The van der Waals surface area contributed by atoms with Gasteiger partial charge in [0.1, 0.15) is 0 Å². The van der Waals surface area contributed by atoms with Crippen LogP contribution in [0.1, 0.15) is 37.7 Å². The van der Waals surface area contributed by atoms with Gasteiger partial charge in [0.25, 0.3) is 0 Å². The number of hydrogen-bond acceptors (Lipinski definition) is 3. The van der Waals surface area contributed by atoms with Crippen molar-refractivity contribution in [2.24, 2.45) is 0 Å². The fraction of sp³-hybridized carbons (Fsp3) is 0.588. The molecule has 0 bridgehead atoms. The third-order valence-corrected chi connectivity index (χ3v) is 4.43. The molecule has 1 amide bonds. The van der Waals surface area contributed by atoms with E-state index in [4.69, 9.17) is 4.74 Å². The number of amides is 1. The number of ether oxygens (including phenoxy) is 1. The van der Waals surface area contributed by atoms with Crippen molar-refractivity contribution >= 4 is 11.6 Å². The van der Waals surface area contributed by atoms with Crippen molar-refractivity contribution in [1.82, 2.24) is 5.32 Å². The van der Waals surface area contributed by atoms with Gasteiger partial charge in [0, 0.05) is 12.3 Å². The standard InChI is InChI=1S/C17H24N2O2/c20-17-16(18-11-10-14-6-3-4-12-21-14)9-8-13-5-1-2-7-15(13)19-17/h1-2,5,7,14,16,18H,3-4,6,8-12H2,(H,19,20). The molecule has 4 nitrogen and oxygen atoms in total. The zero-order valence-corrected chi connectivity index (χ0v) is 12.4. The first-order valence-electron chi connectivity index (χ1n) is 8.07. The van der Waals surface area contributed by atoms with Gasteiger partial charge in [-0.3, -0.25) is 4.79 Å². The molecule has 1 fully saturated rings. The fourth-order valence-corrected chi connectivity index (χ4v) is 3.16. The quantitative estimate of drug-likeness (QED) is 0.895. The molecule has 0 aromatic heterocycles. The van der Waals surface area contributed by atoms with Crippen LogP contribution in [-0.4, -0.2) is 31.2 Å². The Morgan fingerprint density at radius 3 is 3.00 bits per heavy atom. The van der Waals surface area contributed by atoms with E-state index in [1.54, 1.807) is 0 Å². The summed E-state index contributed by atoms with van der Waals surface area (Å²) in [5.41, 5.74) is 2.19. The Bertz CT molecular complexity index is 483. The monoisotopic (exact) mass is 288 g/mol. The predicted octanol–water partition coefficient (Wildman–Crippen LogP) is 2.49. The molecule has 1 aromatic rings. The maximum absolute atomic E-state index is 12.3. The summed E-state index contributed by atoms with van der Waals surface area (Å²) in [6, 6.07) is 7.96. The highest BCUT2D eigenvalue weighted by atomic mass is 16.5. The van der Waals surface area contributed by atoms with Crippen LogP contribution < -0.4 is 10.6 Å². The van der Waals surface area contributed by atoms with Crippen LogP contribution in [0, 0.1) is 0 Å². The highest BCUT2D eigenvalue weighted by molar-refractivity contribution is 5.96. The summed E-state index contributed by atoms with van der Waals surface area (Å²) < 4.78 is 5.73. The summed E-state index contributed by atoms with van der Waals surface area (Å²) in [5.74, 6) is 0.0875. The van der Waals surface area contributed by atoms with E-state index in [-0.39, 0.29) is 11.9 Å². The van der Waals surface area contributed by atoms with Crippen LogP contribution in [0.5, 0.6) is 0 Å². The second kappa shape index (κ2) is 7.05. The van der Waals surface area contributed by atoms with Gasteiger partial charge in [-0.05, 0) is 56.7 Å². The summed E-state index contributed by atoms with van der Waals surface area (Å²) >= 11 is 0. The molecule has 114 valence electrons. The predicted molar refractivity (Wildman–Crippen MR) is 83.4 cm³/mol. The lowest BCUT2D eigenvalue weighted by Crippen LogP contribution is -2.41. The van der Waals surface area contributed by atoms with E-state index < -0.39 is 0 Å². The first-order valence-corrected chi connectivity index (χ1v) is 8.07. The molecule has 3 rings (SSSR count). The molecule has 2 aliphatic rings. The molecule has 21 heavy (non-hydrogen) atoms. The largest absolute Gasteiger partial charge is 0.378 e. The normalized spacial score (nSPS) is 25.8. The summed E-state index contributed by atoms with van der Waals surface area (Å²) in [4.78, 5) is 12.3. The minimum atomic E-state index is -0.0963. The third-order valence-electron chi connectivity index (χ3n) is 4.43. The Hall–Kier alpha value is -1.39. The molecule has 2 heterocycles. The van der Waals surface area contributed by atoms with Gasteiger partial charge in [0.05, 0.1) is 12.1 Å². The number of benzene rings is 1. The van der Waals surface area contributed by atoms with Crippen molar-refractivity contribution in [3.05, 3.63) is 29.8 Å². The number of nitrogens with one attached hydrogen (secondary N) is 2. The molecule has 0 saturated carbocycles. The molecule has 2 aliphatic heterocycles. The second-order valence-corrected chi connectivity index (χ2v) is 5.97. The van der Waals surface area contributed by atoms with E-state index in [0.717, 1.165) is 44.5 Å². The van der Waals surface area contributed by atoms with E-state index in [9.17, 15) is 4.79 Å². The lowest BCUT2D eigenvalue weighted by molar-refractivity contribution is -0.118.